The van der Waals surface area contributed by atoms with Crippen molar-refractivity contribution in [3.8, 4) is 0 Å². The first-order valence-electron chi connectivity index (χ1n) is 8.75. The lowest BCUT2D eigenvalue weighted by Gasteiger charge is -2.19. The number of ether oxygens (including phenoxy) is 1. The zero-order chi connectivity index (χ0) is 16.8. The second-order valence-electron chi connectivity index (χ2n) is 7.02. The summed E-state index contributed by atoms with van der Waals surface area (Å²) in [5.41, 5.74) is -0.373. The van der Waals surface area contributed by atoms with E-state index in [9.17, 15) is 9.59 Å². The molecule has 0 rings (SSSR count). The number of aliphatic carboxylic acids is 1. The van der Waals surface area contributed by atoms with E-state index in [0.717, 1.165) is 32.1 Å². The molecule has 0 aliphatic carbocycles. The average Bonchev–Trinajstić information content (AvgIpc) is 2.37. The van der Waals surface area contributed by atoms with Gasteiger partial charge < -0.3 is 9.84 Å². The standard InChI is InChI=1S/C18H34O4/c1-18(2,3)22-17(21)15-13-11-9-7-5-4-6-8-10-12-14-16(19)20/h4-15H2,1-3H3,(H,19,20). The quantitative estimate of drug-likeness (QED) is 0.380. The zero-order valence-corrected chi connectivity index (χ0v) is 14.7. The average molecular weight is 314 g/mol. The molecule has 0 aliphatic rings. The summed E-state index contributed by atoms with van der Waals surface area (Å²) < 4.78 is 5.27. The van der Waals surface area contributed by atoms with E-state index in [0.29, 0.717) is 12.8 Å². The Morgan fingerprint density at radius 2 is 1.09 bits per heavy atom. The first-order chi connectivity index (χ1) is 10.3. The van der Waals surface area contributed by atoms with Crippen molar-refractivity contribution in [3.63, 3.8) is 0 Å². The number of hydrogen-bond donors (Lipinski definition) is 1. The van der Waals surface area contributed by atoms with Gasteiger partial charge in [-0.05, 0) is 33.6 Å². The zero-order valence-electron chi connectivity index (χ0n) is 14.7. The fraction of sp³-hybridized carbons (Fsp3) is 0.889. The molecule has 4 nitrogen and oxygen atoms in total. The molecule has 0 amide bonds. The lowest BCUT2D eigenvalue weighted by molar-refractivity contribution is -0.155. The summed E-state index contributed by atoms with van der Waals surface area (Å²) >= 11 is 0. The molecule has 0 aromatic rings. The SMILES string of the molecule is CC(C)(C)OC(=O)CCCCCCCCCCCCC(=O)O. The molecular weight excluding hydrogens is 280 g/mol. The van der Waals surface area contributed by atoms with Crippen LogP contribution in [-0.4, -0.2) is 22.6 Å². The predicted octanol–water partition coefficient (Wildman–Crippen LogP) is 5.09. The molecule has 4 heteroatoms. The minimum absolute atomic E-state index is 0.0890. The number of carbonyl (C=O) groups is 2. The van der Waals surface area contributed by atoms with Crippen LogP contribution in [0.15, 0.2) is 0 Å². The van der Waals surface area contributed by atoms with Crippen LogP contribution in [0.3, 0.4) is 0 Å². The number of carboxylic acid groups (broad SMARTS) is 1. The number of carbonyl (C=O) groups excluding carboxylic acids is 1. The molecular formula is C18H34O4. The van der Waals surface area contributed by atoms with E-state index in [1.54, 1.807) is 0 Å². The van der Waals surface area contributed by atoms with E-state index in [1.807, 2.05) is 20.8 Å². The summed E-state index contributed by atoms with van der Waals surface area (Å²) in [6.45, 7) is 5.69. The van der Waals surface area contributed by atoms with Crippen LogP contribution in [0.2, 0.25) is 0 Å². The normalized spacial score (nSPS) is 11.4. The van der Waals surface area contributed by atoms with E-state index >= 15 is 0 Å². The first-order valence-corrected chi connectivity index (χ1v) is 8.75. The fourth-order valence-corrected chi connectivity index (χ4v) is 2.35. The first kappa shape index (κ1) is 20.9. The Morgan fingerprint density at radius 1 is 0.727 bits per heavy atom. The van der Waals surface area contributed by atoms with Crippen LogP contribution >= 0.6 is 0 Å². The second kappa shape index (κ2) is 12.5. The third-order valence-electron chi connectivity index (χ3n) is 3.44. The summed E-state index contributed by atoms with van der Waals surface area (Å²) in [6, 6.07) is 0. The Morgan fingerprint density at radius 3 is 1.45 bits per heavy atom. The minimum Gasteiger partial charge on any atom is -0.481 e. The maximum Gasteiger partial charge on any atom is 0.306 e. The van der Waals surface area contributed by atoms with Gasteiger partial charge in [0.25, 0.3) is 0 Å². The van der Waals surface area contributed by atoms with Gasteiger partial charge in [0.2, 0.25) is 0 Å². The van der Waals surface area contributed by atoms with Gasteiger partial charge in [-0.1, -0.05) is 51.4 Å². The van der Waals surface area contributed by atoms with Gasteiger partial charge in [0.05, 0.1) is 0 Å². The van der Waals surface area contributed by atoms with Crippen molar-refractivity contribution in [1.82, 2.24) is 0 Å². The van der Waals surface area contributed by atoms with E-state index in [1.165, 1.54) is 32.1 Å². The smallest absolute Gasteiger partial charge is 0.306 e. The minimum atomic E-state index is -0.689. The predicted molar refractivity (Wildman–Crippen MR) is 88.9 cm³/mol. The highest BCUT2D eigenvalue weighted by Gasteiger charge is 2.15. The van der Waals surface area contributed by atoms with Crippen molar-refractivity contribution in [2.45, 2.75) is 103 Å². The molecule has 0 spiro atoms. The molecule has 0 aromatic carbocycles. The van der Waals surface area contributed by atoms with Gasteiger partial charge >= 0.3 is 11.9 Å². The Bertz CT molecular complexity index is 305. The van der Waals surface area contributed by atoms with Crippen LogP contribution in [0.25, 0.3) is 0 Å². The molecule has 130 valence electrons. The molecule has 0 aliphatic heterocycles. The monoisotopic (exact) mass is 314 g/mol. The van der Waals surface area contributed by atoms with Gasteiger partial charge in [-0.15, -0.1) is 0 Å². The Kier molecular flexibility index (Phi) is 11.9. The van der Waals surface area contributed by atoms with Gasteiger partial charge in [-0.3, -0.25) is 9.59 Å². The Hall–Kier alpha value is -1.06. The van der Waals surface area contributed by atoms with Crippen LogP contribution in [0.4, 0.5) is 0 Å². The van der Waals surface area contributed by atoms with Gasteiger partial charge in [-0.2, -0.15) is 0 Å². The van der Waals surface area contributed by atoms with E-state index < -0.39 is 5.97 Å². The highest BCUT2D eigenvalue weighted by Crippen LogP contribution is 2.13. The molecule has 22 heavy (non-hydrogen) atoms. The van der Waals surface area contributed by atoms with Gasteiger partial charge in [0.1, 0.15) is 5.60 Å². The number of unbranched alkanes of at least 4 members (excludes halogenated alkanes) is 9. The summed E-state index contributed by atoms with van der Waals surface area (Å²) in [5.74, 6) is -0.778. The van der Waals surface area contributed by atoms with Crippen molar-refractivity contribution < 1.29 is 19.4 Å². The number of esters is 1. The van der Waals surface area contributed by atoms with E-state index in [4.69, 9.17) is 9.84 Å². The largest absolute Gasteiger partial charge is 0.481 e. The number of carboxylic acids is 1. The molecule has 0 saturated carbocycles. The molecule has 0 fully saturated rings. The van der Waals surface area contributed by atoms with E-state index in [-0.39, 0.29) is 11.6 Å². The highest BCUT2D eigenvalue weighted by molar-refractivity contribution is 5.69. The second-order valence-corrected chi connectivity index (χ2v) is 7.02. The van der Waals surface area contributed by atoms with Gasteiger partial charge in [0.15, 0.2) is 0 Å². The molecule has 1 N–H and O–H groups in total. The molecule has 0 unspecified atom stereocenters. The van der Waals surface area contributed by atoms with Crippen LogP contribution < -0.4 is 0 Å². The molecule has 0 saturated heterocycles. The maximum atomic E-state index is 11.5. The Balaban J connectivity index is 3.21. The highest BCUT2D eigenvalue weighted by atomic mass is 16.6. The summed E-state index contributed by atoms with van der Waals surface area (Å²) in [6.07, 6.45) is 11.9. The third-order valence-corrected chi connectivity index (χ3v) is 3.44. The van der Waals surface area contributed by atoms with E-state index in [2.05, 4.69) is 0 Å². The molecule has 0 atom stereocenters. The van der Waals surface area contributed by atoms with Gasteiger partial charge in [0, 0.05) is 12.8 Å². The lowest BCUT2D eigenvalue weighted by Crippen LogP contribution is -2.23. The van der Waals surface area contributed by atoms with Crippen LogP contribution in [0.5, 0.6) is 0 Å². The topological polar surface area (TPSA) is 63.6 Å². The summed E-state index contributed by atoms with van der Waals surface area (Å²) in [5, 5.41) is 8.52. The maximum absolute atomic E-state index is 11.5. The van der Waals surface area contributed by atoms with Crippen molar-refractivity contribution in [3.05, 3.63) is 0 Å². The van der Waals surface area contributed by atoms with Crippen molar-refractivity contribution >= 4 is 11.9 Å². The lowest BCUT2D eigenvalue weighted by atomic mass is 10.1. The van der Waals surface area contributed by atoms with Crippen molar-refractivity contribution in [2.75, 3.05) is 0 Å². The molecule has 0 radical (unpaired) electrons. The van der Waals surface area contributed by atoms with Crippen LogP contribution in [-0.2, 0) is 14.3 Å². The van der Waals surface area contributed by atoms with Crippen molar-refractivity contribution in [1.29, 1.82) is 0 Å². The Labute approximate surface area is 135 Å². The van der Waals surface area contributed by atoms with Crippen LogP contribution in [0, 0.1) is 0 Å². The third kappa shape index (κ3) is 17.0. The van der Waals surface area contributed by atoms with Crippen molar-refractivity contribution in [2.24, 2.45) is 0 Å². The summed E-state index contributed by atoms with van der Waals surface area (Å²) in [7, 11) is 0. The molecule has 0 aromatic heterocycles. The van der Waals surface area contributed by atoms with Gasteiger partial charge in [-0.25, -0.2) is 0 Å². The number of rotatable bonds is 13. The van der Waals surface area contributed by atoms with Crippen LogP contribution in [0.1, 0.15) is 97.8 Å². The number of hydrogen-bond acceptors (Lipinski definition) is 3. The fourth-order valence-electron chi connectivity index (χ4n) is 2.35. The summed E-state index contributed by atoms with van der Waals surface area (Å²) in [4.78, 5) is 21.8. The molecule has 0 heterocycles. The molecule has 0 bridgehead atoms.